The maximum Gasteiger partial charge on any atom is 0.322 e. The van der Waals surface area contributed by atoms with Crippen LogP contribution in [0.4, 0.5) is 0 Å². The Kier molecular flexibility index (Phi) is 2.98. The Balaban J connectivity index is 2.39. The van der Waals surface area contributed by atoms with Crippen molar-refractivity contribution in [2.45, 2.75) is 12.6 Å². The van der Waals surface area contributed by atoms with E-state index in [9.17, 15) is 4.79 Å². The van der Waals surface area contributed by atoms with Gasteiger partial charge in [-0.3, -0.25) is 4.79 Å². The zero-order valence-corrected chi connectivity index (χ0v) is 10.0. The Morgan fingerprint density at radius 1 is 1.50 bits per heavy atom. The highest BCUT2D eigenvalue weighted by Gasteiger charge is 2.13. The van der Waals surface area contributed by atoms with E-state index in [1.165, 1.54) is 0 Å². The third-order valence-electron chi connectivity index (χ3n) is 2.47. The van der Waals surface area contributed by atoms with Gasteiger partial charge in [0.05, 0.1) is 0 Å². The summed E-state index contributed by atoms with van der Waals surface area (Å²) in [6.45, 7) is 0.273. The molecule has 0 radical (unpaired) electrons. The first-order valence-electron chi connectivity index (χ1n) is 4.81. The molecule has 84 valence electrons. The van der Waals surface area contributed by atoms with Crippen LogP contribution in [0.25, 0.3) is 10.9 Å². The highest BCUT2D eigenvalue weighted by atomic mass is 79.9. The summed E-state index contributed by atoms with van der Waals surface area (Å²) in [5.41, 5.74) is 6.48. The molecule has 0 saturated heterocycles. The number of aromatic nitrogens is 1. The fourth-order valence-corrected chi connectivity index (χ4v) is 2.12. The minimum absolute atomic E-state index is 0.273. The van der Waals surface area contributed by atoms with Crippen molar-refractivity contribution in [3.63, 3.8) is 0 Å². The first-order chi connectivity index (χ1) is 7.59. The molecule has 0 fully saturated rings. The predicted octanol–water partition coefficient (Wildman–Crippen LogP) is 1.82. The van der Waals surface area contributed by atoms with Crippen molar-refractivity contribution >= 4 is 32.8 Å². The molecule has 1 atom stereocenters. The van der Waals surface area contributed by atoms with E-state index in [1.807, 2.05) is 35.0 Å². The number of nitrogens with two attached hydrogens (primary N) is 1. The lowest BCUT2D eigenvalue weighted by Crippen LogP contribution is -2.34. The first-order valence-corrected chi connectivity index (χ1v) is 5.60. The number of carbonyl (C=O) groups is 1. The molecular weight excluding hydrogens is 272 g/mol. The monoisotopic (exact) mass is 282 g/mol. The smallest absolute Gasteiger partial charge is 0.322 e. The van der Waals surface area contributed by atoms with Gasteiger partial charge in [-0.2, -0.15) is 0 Å². The van der Waals surface area contributed by atoms with Gasteiger partial charge in [-0.25, -0.2) is 0 Å². The van der Waals surface area contributed by atoms with Crippen LogP contribution >= 0.6 is 15.9 Å². The van der Waals surface area contributed by atoms with Crippen molar-refractivity contribution in [3.05, 3.63) is 34.9 Å². The van der Waals surface area contributed by atoms with Gasteiger partial charge in [-0.1, -0.05) is 22.0 Å². The number of nitrogens with zero attached hydrogens (tertiary/aromatic N) is 1. The molecule has 1 heterocycles. The van der Waals surface area contributed by atoms with Crippen molar-refractivity contribution < 1.29 is 9.90 Å². The fraction of sp³-hybridized carbons (Fsp3) is 0.182. The molecular formula is C11H11BrN2O2. The van der Waals surface area contributed by atoms with Crippen molar-refractivity contribution in [3.8, 4) is 0 Å². The van der Waals surface area contributed by atoms with E-state index >= 15 is 0 Å². The van der Waals surface area contributed by atoms with E-state index in [2.05, 4.69) is 15.9 Å². The van der Waals surface area contributed by atoms with Crippen molar-refractivity contribution in [2.75, 3.05) is 0 Å². The first kappa shape index (κ1) is 11.2. The van der Waals surface area contributed by atoms with Crippen molar-refractivity contribution in [2.24, 2.45) is 5.73 Å². The average Bonchev–Trinajstić information content (AvgIpc) is 2.63. The van der Waals surface area contributed by atoms with Crippen LogP contribution in [0, 0.1) is 0 Å². The second-order valence-electron chi connectivity index (χ2n) is 3.59. The maximum atomic E-state index is 10.7. The zero-order chi connectivity index (χ0) is 11.7. The van der Waals surface area contributed by atoms with Crippen LogP contribution in [0.1, 0.15) is 0 Å². The Morgan fingerprint density at radius 3 is 2.94 bits per heavy atom. The summed E-state index contributed by atoms with van der Waals surface area (Å²) in [6.07, 6.45) is 1.85. The average molecular weight is 283 g/mol. The molecule has 16 heavy (non-hydrogen) atoms. The number of halogens is 1. The molecule has 2 aromatic rings. The van der Waals surface area contributed by atoms with Crippen LogP contribution in [0.5, 0.6) is 0 Å². The Morgan fingerprint density at radius 2 is 2.25 bits per heavy atom. The maximum absolute atomic E-state index is 10.7. The molecule has 1 aromatic heterocycles. The van der Waals surface area contributed by atoms with Gasteiger partial charge in [0.15, 0.2) is 0 Å². The second kappa shape index (κ2) is 4.27. The van der Waals surface area contributed by atoms with Gasteiger partial charge in [0.1, 0.15) is 6.04 Å². The highest BCUT2D eigenvalue weighted by molar-refractivity contribution is 9.10. The van der Waals surface area contributed by atoms with Gasteiger partial charge in [-0.15, -0.1) is 0 Å². The molecule has 0 aliphatic rings. The third-order valence-corrected chi connectivity index (χ3v) is 3.16. The van der Waals surface area contributed by atoms with Gasteiger partial charge >= 0.3 is 5.97 Å². The van der Waals surface area contributed by atoms with Gasteiger partial charge in [0, 0.05) is 28.1 Å². The summed E-state index contributed by atoms with van der Waals surface area (Å²) in [7, 11) is 0. The summed E-state index contributed by atoms with van der Waals surface area (Å²) in [6, 6.07) is 6.86. The topological polar surface area (TPSA) is 68.2 Å². The molecule has 0 aliphatic heterocycles. The van der Waals surface area contributed by atoms with Gasteiger partial charge in [-0.05, 0) is 18.2 Å². The van der Waals surface area contributed by atoms with E-state index in [1.54, 1.807) is 0 Å². The van der Waals surface area contributed by atoms with Crippen LogP contribution in [0.2, 0.25) is 0 Å². The zero-order valence-electron chi connectivity index (χ0n) is 8.43. The standard InChI is InChI=1S/C11H11BrN2O2/c12-8-2-1-3-10-7(8)4-5-14(10)6-9(13)11(15)16/h1-5,9H,6,13H2,(H,15,16). The SMILES string of the molecule is NC(Cn1ccc2c(Br)cccc21)C(=O)O. The summed E-state index contributed by atoms with van der Waals surface area (Å²) in [4.78, 5) is 10.7. The van der Waals surface area contributed by atoms with Gasteiger partial charge in [0.2, 0.25) is 0 Å². The van der Waals surface area contributed by atoms with Gasteiger partial charge in [0.25, 0.3) is 0 Å². The lowest BCUT2D eigenvalue weighted by Gasteiger charge is -2.09. The minimum Gasteiger partial charge on any atom is -0.480 e. The molecule has 1 aromatic carbocycles. The minimum atomic E-state index is -0.989. The van der Waals surface area contributed by atoms with Crippen LogP contribution in [-0.2, 0) is 11.3 Å². The van der Waals surface area contributed by atoms with E-state index in [-0.39, 0.29) is 6.54 Å². The van der Waals surface area contributed by atoms with Crippen LogP contribution < -0.4 is 5.73 Å². The molecule has 0 amide bonds. The number of hydrogen-bond acceptors (Lipinski definition) is 2. The van der Waals surface area contributed by atoms with Crippen molar-refractivity contribution in [1.29, 1.82) is 0 Å². The molecule has 1 unspecified atom stereocenters. The Hall–Kier alpha value is -1.33. The largest absolute Gasteiger partial charge is 0.480 e. The molecule has 2 rings (SSSR count). The lowest BCUT2D eigenvalue weighted by molar-refractivity contribution is -0.138. The molecule has 0 aliphatic carbocycles. The highest BCUT2D eigenvalue weighted by Crippen LogP contribution is 2.24. The summed E-state index contributed by atoms with van der Waals surface area (Å²) >= 11 is 3.44. The number of carboxylic acids is 1. The number of fused-ring (bicyclic) bond motifs is 1. The number of rotatable bonds is 3. The Bertz CT molecular complexity index is 536. The van der Waals surface area contributed by atoms with Crippen LogP contribution in [-0.4, -0.2) is 21.7 Å². The van der Waals surface area contributed by atoms with E-state index < -0.39 is 12.0 Å². The number of aliphatic carboxylic acids is 1. The third kappa shape index (κ3) is 1.96. The molecule has 4 nitrogen and oxygen atoms in total. The van der Waals surface area contributed by atoms with E-state index in [4.69, 9.17) is 10.8 Å². The van der Waals surface area contributed by atoms with E-state index in [0.29, 0.717) is 0 Å². The second-order valence-corrected chi connectivity index (χ2v) is 4.44. The summed E-state index contributed by atoms with van der Waals surface area (Å²) < 4.78 is 2.84. The quantitative estimate of drug-likeness (QED) is 0.902. The Labute approximate surface area is 101 Å². The summed E-state index contributed by atoms with van der Waals surface area (Å²) in [5, 5.41) is 9.82. The fourth-order valence-electron chi connectivity index (χ4n) is 1.64. The molecule has 5 heteroatoms. The normalized spacial score (nSPS) is 12.9. The number of hydrogen-bond donors (Lipinski definition) is 2. The van der Waals surface area contributed by atoms with Crippen molar-refractivity contribution in [1.82, 2.24) is 4.57 Å². The predicted molar refractivity (Wildman–Crippen MR) is 65.2 cm³/mol. The molecule has 0 spiro atoms. The number of benzene rings is 1. The van der Waals surface area contributed by atoms with Crippen LogP contribution in [0.3, 0.4) is 0 Å². The number of carboxylic acid groups (broad SMARTS) is 1. The molecule has 0 saturated carbocycles. The molecule has 3 N–H and O–H groups in total. The van der Waals surface area contributed by atoms with E-state index in [0.717, 1.165) is 15.4 Å². The molecule has 0 bridgehead atoms. The lowest BCUT2D eigenvalue weighted by atomic mass is 10.2. The van der Waals surface area contributed by atoms with Gasteiger partial charge < -0.3 is 15.4 Å². The summed E-state index contributed by atoms with van der Waals surface area (Å²) in [5.74, 6) is -0.989. The van der Waals surface area contributed by atoms with Crippen LogP contribution in [0.15, 0.2) is 34.9 Å².